The molecule has 7 heteroatoms. The quantitative estimate of drug-likeness (QED) is 0.519. The van der Waals surface area contributed by atoms with Gasteiger partial charge in [-0.2, -0.15) is 10.5 Å². The van der Waals surface area contributed by atoms with Crippen LogP contribution in [-0.2, 0) is 6.54 Å². The van der Waals surface area contributed by atoms with Crippen molar-refractivity contribution in [2.24, 2.45) is 5.92 Å². The van der Waals surface area contributed by atoms with Crippen LogP contribution in [0.15, 0.2) is 42.1 Å². The van der Waals surface area contributed by atoms with Crippen LogP contribution in [0.2, 0.25) is 5.02 Å². The molecule has 2 aromatic rings. The highest BCUT2D eigenvalue weighted by molar-refractivity contribution is 7.99. The van der Waals surface area contributed by atoms with E-state index in [0.717, 1.165) is 16.5 Å². The van der Waals surface area contributed by atoms with E-state index in [1.165, 1.54) is 11.8 Å². The molecule has 0 fully saturated rings. The fraction of sp³-hybridized carbons (Fsp3) is 0.294. The second kappa shape index (κ2) is 9.12. The first kappa shape index (κ1) is 18.1. The molecule has 0 unspecified atom stereocenters. The van der Waals surface area contributed by atoms with Crippen molar-refractivity contribution < 1.29 is 0 Å². The van der Waals surface area contributed by atoms with Gasteiger partial charge in [0.05, 0.1) is 18.1 Å². The largest absolute Gasteiger partial charge is 0.298 e. The first-order valence-electron chi connectivity index (χ1n) is 7.39. The Morgan fingerprint density at radius 2 is 2.04 bits per heavy atom. The van der Waals surface area contributed by atoms with Crippen LogP contribution in [0.1, 0.15) is 12.8 Å². The van der Waals surface area contributed by atoms with Crippen LogP contribution in [0.25, 0.3) is 11.4 Å². The number of nitriles is 2. The van der Waals surface area contributed by atoms with E-state index in [-0.39, 0.29) is 5.92 Å². The van der Waals surface area contributed by atoms with Gasteiger partial charge in [0, 0.05) is 29.3 Å². The minimum atomic E-state index is -0.178. The number of hydrogen-bond donors (Lipinski definition) is 0. The van der Waals surface area contributed by atoms with E-state index >= 15 is 0 Å². The summed E-state index contributed by atoms with van der Waals surface area (Å²) in [5.74, 6) is 1.13. The van der Waals surface area contributed by atoms with Gasteiger partial charge in [0.1, 0.15) is 0 Å². The Labute approximate surface area is 150 Å². The lowest BCUT2D eigenvalue weighted by Gasteiger charge is -2.09. The lowest BCUT2D eigenvalue weighted by molar-refractivity contribution is 0.679. The number of rotatable bonds is 8. The van der Waals surface area contributed by atoms with Gasteiger partial charge in [-0.1, -0.05) is 29.4 Å². The van der Waals surface area contributed by atoms with E-state index in [1.807, 2.05) is 28.8 Å². The Morgan fingerprint density at radius 3 is 2.67 bits per heavy atom. The monoisotopic (exact) mass is 357 g/mol. The maximum atomic E-state index is 9.17. The first-order chi connectivity index (χ1) is 11.7. The summed E-state index contributed by atoms with van der Waals surface area (Å²) >= 11 is 7.40. The van der Waals surface area contributed by atoms with Crippen molar-refractivity contribution in [3.05, 3.63) is 41.9 Å². The fourth-order valence-corrected chi connectivity index (χ4v) is 3.23. The third kappa shape index (κ3) is 4.61. The Hall–Kier alpha value is -2.28. The SMILES string of the molecule is C=CCn1c(SC[C@H](C#N)CCC#N)nnc1-c1ccc(Cl)cc1. The van der Waals surface area contributed by atoms with Crippen LogP contribution in [-0.4, -0.2) is 20.5 Å². The molecule has 0 aliphatic carbocycles. The summed E-state index contributed by atoms with van der Waals surface area (Å²) in [6, 6.07) is 11.7. The van der Waals surface area contributed by atoms with Crippen LogP contribution in [0.5, 0.6) is 0 Å². The van der Waals surface area contributed by atoms with E-state index in [2.05, 4.69) is 28.9 Å². The topological polar surface area (TPSA) is 78.3 Å². The smallest absolute Gasteiger partial charge is 0.191 e. The van der Waals surface area contributed by atoms with Crippen molar-refractivity contribution >= 4 is 23.4 Å². The molecule has 0 aliphatic heterocycles. The van der Waals surface area contributed by atoms with Crippen molar-refractivity contribution in [3.63, 3.8) is 0 Å². The second-order valence-electron chi connectivity index (χ2n) is 5.05. The van der Waals surface area contributed by atoms with Crippen LogP contribution in [0.4, 0.5) is 0 Å². The summed E-state index contributed by atoms with van der Waals surface area (Å²) in [6.45, 7) is 4.35. The zero-order valence-electron chi connectivity index (χ0n) is 13.0. The van der Waals surface area contributed by atoms with Crippen LogP contribution in [0, 0.1) is 28.6 Å². The summed E-state index contributed by atoms with van der Waals surface area (Å²) in [6.07, 6.45) is 2.73. The molecule has 24 heavy (non-hydrogen) atoms. The summed E-state index contributed by atoms with van der Waals surface area (Å²) in [4.78, 5) is 0. The van der Waals surface area contributed by atoms with Gasteiger partial charge in [-0.15, -0.1) is 16.8 Å². The third-order valence-corrected chi connectivity index (χ3v) is 4.71. The van der Waals surface area contributed by atoms with E-state index in [9.17, 15) is 0 Å². The molecule has 1 atom stereocenters. The van der Waals surface area contributed by atoms with Gasteiger partial charge < -0.3 is 0 Å². The number of hydrogen-bond acceptors (Lipinski definition) is 5. The molecule has 0 aliphatic rings. The standard InChI is InChI=1S/C17H16ClN5S/c1-2-10-23-16(14-5-7-15(18)8-6-14)21-22-17(23)24-12-13(11-20)4-3-9-19/h2,5-8,13H,1,3-4,10,12H2/t13-/m0/s1. The molecular weight excluding hydrogens is 342 g/mol. The Morgan fingerprint density at radius 1 is 1.29 bits per heavy atom. The van der Waals surface area contributed by atoms with E-state index in [1.54, 1.807) is 6.08 Å². The molecule has 1 aromatic heterocycles. The normalized spacial score (nSPS) is 11.5. The minimum absolute atomic E-state index is 0.178. The molecule has 5 nitrogen and oxygen atoms in total. The van der Waals surface area contributed by atoms with Gasteiger partial charge >= 0.3 is 0 Å². The average Bonchev–Trinajstić information content (AvgIpc) is 2.99. The minimum Gasteiger partial charge on any atom is -0.298 e. The number of benzene rings is 1. The molecule has 0 N–H and O–H groups in total. The number of nitrogens with zero attached hydrogens (tertiary/aromatic N) is 5. The highest BCUT2D eigenvalue weighted by Crippen LogP contribution is 2.27. The van der Waals surface area contributed by atoms with Gasteiger partial charge in [-0.05, 0) is 30.7 Å². The van der Waals surface area contributed by atoms with Gasteiger partial charge in [-0.3, -0.25) is 4.57 Å². The average molecular weight is 358 g/mol. The van der Waals surface area contributed by atoms with E-state index in [0.29, 0.717) is 30.2 Å². The number of aromatic nitrogens is 3. The summed E-state index contributed by atoms with van der Waals surface area (Å²) in [5.41, 5.74) is 0.918. The second-order valence-corrected chi connectivity index (χ2v) is 6.47. The first-order valence-corrected chi connectivity index (χ1v) is 8.75. The fourth-order valence-electron chi connectivity index (χ4n) is 2.10. The number of allylic oxidation sites excluding steroid dienone is 1. The maximum Gasteiger partial charge on any atom is 0.191 e. The lowest BCUT2D eigenvalue weighted by Crippen LogP contribution is -2.04. The van der Waals surface area contributed by atoms with Gasteiger partial charge in [0.2, 0.25) is 0 Å². The highest BCUT2D eigenvalue weighted by atomic mass is 35.5. The highest BCUT2D eigenvalue weighted by Gasteiger charge is 2.16. The van der Waals surface area contributed by atoms with Crippen molar-refractivity contribution in [1.29, 1.82) is 10.5 Å². The zero-order chi connectivity index (χ0) is 17.4. The molecule has 0 spiro atoms. The molecule has 1 aromatic carbocycles. The maximum absolute atomic E-state index is 9.17. The molecular formula is C17H16ClN5S. The molecule has 0 amide bonds. The van der Waals surface area contributed by atoms with Crippen molar-refractivity contribution in [3.8, 4) is 23.5 Å². The van der Waals surface area contributed by atoms with Crippen molar-refractivity contribution in [1.82, 2.24) is 14.8 Å². The van der Waals surface area contributed by atoms with E-state index < -0.39 is 0 Å². The van der Waals surface area contributed by atoms with Crippen molar-refractivity contribution in [2.45, 2.75) is 24.5 Å². The molecule has 0 bridgehead atoms. The van der Waals surface area contributed by atoms with Gasteiger partial charge in [0.15, 0.2) is 11.0 Å². The Balaban J connectivity index is 2.19. The number of thioether (sulfide) groups is 1. The predicted octanol–water partition coefficient (Wildman–Crippen LogP) is 4.32. The summed E-state index contributed by atoms with van der Waals surface area (Å²) < 4.78 is 1.96. The Bertz CT molecular complexity index is 770. The number of halogens is 1. The molecule has 0 saturated carbocycles. The van der Waals surface area contributed by atoms with E-state index in [4.69, 9.17) is 22.1 Å². The molecule has 122 valence electrons. The van der Waals surface area contributed by atoms with Crippen LogP contribution >= 0.6 is 23.4 Å². The summed E-state index contributed by atoms with van der Waals surface area (Å²) in [5, 5.41) is 27.7. The van der Waals surface area contributed by atoms with Gasteiger partial charge in [-0.25, -0.2) is 0 Å². The zero-order valence-corrected chi connectivity index (χ0v) is 14.6. The van der Waals surface area contributed by atoms with Gasteiger partial charge in [0.25, 0.3) is 0 Å². The third-order valence-electron chi connectivity index (χ3n) is 3.33. The summed E-state index contributed by atoms with van der Waals surface area (Å²) in [7, 11) is 0. The lowest BCUT2D eigenvalue weighted by atomic mass is 10.1. The van der Waals surface area contributed by atoms with Crippen LogP contribution < -0.4 is 0 Å². The van der Waals surface area contributed by atoms with Crippen LogP contribution in [0.3, 0.4) is 0 Å². The Kier molecular flexibility index (Phi) is 6.87. The molecule has 1 heterocycles. The molecule has 0 saturated heterocycles. The van der Waals surface area contributed by atoms with Crippen molar-refractivity contribution in [2.75, 3.05) is 5.75 Å². The predicted molar refractivity (Wildman–Crippen MR) is 95.3 cm³/mol. The molecule has 2 rings (SSSR count). The molecule has 0 radical (unpaired) electrons.